The number of methoxy groups -OCH3 is 1. The molecule has 0 fully saturated rings. The molecule has 3 aromatic rings. The van der Waals surface area contributed by atoms with E-state index in [0.717, 1.165) is 0 Å². The minimum atomic E-state index is -1.11. The van der Waals surface area contributed by atoms with Crippen molar-refractivity contribution >= 4 is 45.6 Å². The molecule has 1 heterocycles. The second-order valence-corrected chi connectivity index (χ2v) is 6.65. The number of nitrogens with two attached hydrogens (primary N) is 1. The number of benzene rings is 2. The summed E-state index contributed by atoms with van der Waals surface area (Å²) in [7, 11) is 1.42. The van der Waals surface area contributed by atoms with E-state index in [9.17, 15) is 14.4 Å². The minimum Gasteiger partial charge on any atom is -0.495 e. The van der Waals surface area contributed by atoms with Gasteiger partial charge in [-0.15, -0.1) is 0 Å². The number of hydrogen-bond acceptors (Lipinski definition) is 6. The number of fused-ring (bicyclic) bond motifs is 1. The molecule has 0 atom stereocenters. The van der Waals surface area contributed by atoms with E-state index in [-0.39, 0.29) is 28.5 Å². The van der Waals surface area contributed by atoms with Crippen molar-refractivity contribution in [1.82, 2.24) is 0 Å². The van der Waals surface area contributed by atoms with Crippen LogP contribution in [0.25, 0.3) is 16.5 Å². The zero-order valence-corrected chi connectivity index (χ0v) is 16.6. The Morgan fingerprint density at radius 2 is 1.80 bits per heavy atom. The van der Waals surface area contributed by atoms with Gasteiger partial charge < -0.3 is 25.3 Å². The van der Waals surface area contributed by atoms with Gasteiger partial charge in [-0.3, -0.25) is 9.59 Å². The van der Waals surface area contributed by atoms with Crippen LogP contribution in [0.15, 0.2) is 46.9 Å². The van der Waals surface area contributed by atoms with Gasteiger partial charge >= 0.3 is 5.97 Å². The summed E-state index contributed by atoms with van der Waals surface area (Å²) in [5.74, 6) is -1.40. The number of furan rings is 1. The Bertz CT molecular complexity index is 1210. The summed E-state index contributed by atoms with van der Waals surface area (Å²) in [6.45, 7) is 3.12. The van der Waals surface area contributed by atoms with Crippen molar-refractivity contribution in [3.05, 3.63) is 59.4 Å². The zero-order chi connectivity index (χ0) is 22.0. The fraction of sp³-hybridized carbons (Fsp3) is 0.136. The van der Waals surface area contributed by atoms with Crippen molar-refractivity contribution in [1.29, 1.82) is 0 Å². The molecule has 0 aliphatic heterocycles. The number of carboxylic acid groups (broad SMARTS) is 1. The molecular formula is C22H20N2O6. The number of allylic oxidation sites excluding steroid dienone is 1. The van der Waals surface area contributed by atoms with Crippen LogP contribution in [0.1, 0.15) is 40.3 Å². The Labute approximate surface area is 171 Å². The number of carbonyl (C=O) groups excluding carboxylic acids is 2. The van der Waals surface area contributed by atoms with Gasteiger partial charge in [-0.25, -0.2) is 4.79 Å². The molecule has 2 aromatic carbocycles. The normalized spacial score (nSPS) is 11.4. The van der Waals surface area contributed by atoms with E-state index < -0.39 is 11.9 Å². The third-order valence-electron chi connectivity index (χ3n) is 4.55. The maximum Gasteiger partial charge on any atom is 0.335 e. The highest BCUT2D eigenvalue weighted by Crippen LogP contribution is 2.31. The van der Waals surface area contributed by atoms with Crippen LogP contribution in [-0.2, 0) is 4.79 Å². The van der Waals surface area contributed by atoms with Crippen molar-refractivity contribution < 1.29 is 28.6 Å². The van der Waals surface area contributed by atoms with Gasteiger partial charge in [0, 0.05) is 18.4 Å². The molecule has 3 rings (SSSR count). The number of nitrogens with one attached hydrogen (secondary N) is 1. The molecule has 8 nitrogen and oxygen atoms in total. The average molecular weight is 408 g/mol. The lowest BCUT2D eigenvalue weighted by molar-refractivity contribution is -0.111. The Hall–Kier alpha value is -4.07. The zero-order valence-electron chi connectivity index (χ0n) is 16.6. The van der Waals surface area contributed by atoms with Gasteiger partial charge in [0.05, 0.1) is 24.0 Å². The summed E-state index contributed by atoms with van der Waals surface area (Å²) in [5, 5.41) is 12.4. The van der Waals surface area contributed by atoms with Crippen molar-refractivity contribution in [3.8, 4) is 5.75 Å². The van der Waals surface area contributed by atoms with Crippen LogP contribution in [0.4, 0.5) is 11.4 Å². The quantitative estimate of drug-likeness (QED) is 0.415. The second kappa shape index (κ2) is 8.12. The van der Waals surface area contributed by atoms with Crippen molar-refractivity contribution in [2.45, 2.75) is 13.8 Å². The second-order valence-electron chi connectivity index (χ2n) is 6.65. The van der Waals surface area contributed by atoms with E-state index in [1.54, 1.807) is 25.1 Å². The molecule has 1 aromatic heterocycles. The van der Waals surface area contributed by atoms with E-state index in [1.807, 2.05) is 0 Å². The van der Waals surface area contributed by atoms with E-state index in [0.29, 0.717) is 27.9 Å². The van der Waals surface area contributed by atoms with Crippen LogP contribution < -0.4 is 15.8 Å². The van der Waals surface area contributed by atoms with Gasteiger partial charge in [0.15, 0.2) is 11.5 Å². The number of rotatable bonds is 6. The highest BCUT2D eigenvalue weighted by molar-refractivity contribution is 6.08. The molecule has 154 valence electrons. The molecule has 0 spiro atoms. The Kier molecular flexibility index (Phi) is 5.59. The molecular weight excluding hydrogens is 388 g/mol. The fourth-order valence-electron chi connectivity index (χ4n) is 3.01. The third kappa shape index (κ3) is 4.02. The molecule has 0 saturated carbocycles. The number of aromatic carboxylic acids is 1. The first-order valence-corrected chi connectivity index (χ1v) is 8.95. The third-order valence-corrected chi connectivity index (χ3v) is 4.55. The summed E-state index contributed by atoms with van der Waals surface area (Å²) < 4.78 is 10.6. The van der Waals surface area contributed by atoms with E-state index in [1.165, 1.54) is 38.3 Å². The number of anilines is 2. The van der Waals surface area contributed by atoms with Crippen LogP contribution in [0.3, 0.4) is 0 Å². The van der Waals surface area contributed by atoms with Gasteiger partial charge in [-0.05, 0) is 48.4 Å². The molecule has 0 aliphatic rings. The van der Waals surface area contributed by atoms with E-state index in [2.05, 4.69) is 5.32 Å². The molecule has 0 aliphatic carbocycles. The average Bonchev–Trinajstić information content (AvgIpc) is 3.04. The number of carbonyl (C=O) groups is 3. The Morgan fingerprint density at radius 3 is 2.43 bits per heavy atom. The number of ketones is 1. The first kappa shape index (κ1) is 20.7. The number of Topliss-reactive ketones (excluding diaryl/α,β-unsaturated/α-hetero) is 1. The smallest absolute Gasteiger partial charge is 0.335 e. The van der Waals surface area contributed by atoms with Gasteiger partial charge in [-0.2, -0.15) is 0 Å². The molecule has 0 radical (unpaired) electrons. The summed E-state index contributed by atoms with van der Waals surface area (Å²) in [6.07, 6.45) is 1.37. The topological polar surface area (TPSA) is 132 Å². The lowest BCUT2D eigenvalue weighted by Gasteiger charge is -2.10. The lowest BCUT2D eigenvalue weighted by atomic mass is 10.0. The number of nitrogen functional groups attached to an aromatic ring is 1. The van der Waals surface area contributed by atoms with E-state index >= 15 is 0 Å². The highest BCUT2D eigenvalue weighted by atomic mass is 16.5. The Morgan fingerprint density at radius 1 is 1.10 bits per heavy atom. The largest absolute Gasteiger partial charge is 0.495 e. The van der Waals surface area contributed by atoms with Crippen molar-refractivity contribution in [2.75, 3.05) is 18.2 Å². The predicted octanol–water partition coefficient (Wildman–Crippen LogP) is 3.97. The van der Waals surface area contributed by atoms with Crippen molar-refractivity contribution in [2.24, 2.45) is 0 Å². The minimum absolute atomic E-state index is 0.0222. The molecule has 4 N–H and O–H groups in total. The summed E-state index contributed by atoms with van der Waals surface area (Å²) in [6, 6.07) is 9.35. The first-order valence-electron chi connectivity index (χ1n) is 8.95. The van der Waals surface area contributed by atoms with Crippen LogP contribution in [0, 0.1) is 0 Å². The first-order chi connectivity index (χ1) is 14.2. The number of ether oxygens (including phenoxy) is 1. The van der Waals surface area contributed by atoms with Crippen LogP contribution in [0.2, 0.25) is 0 Å². The summed E-state index contributed by atoms with van der Waals surface area (Å²) in [5.41, 5.74) is 8.36. The monoisotopic (exact) mass is 408 g/mol. The number of carboxylic acids is 1. The van der Waals surface area contributed by atoms with Gasteiger partial charge in [0.1, 0.15) is 11.3 Å². The van der Waals surface area contributed by atoms with Gasteiger partial charge in [0.25, 0.3) is 0 Å². The molecule has 0 unspecified atom stereocenters. The molecule has 30 heavy (non-hydrogen) atoms. The van der Waals surface area contributed by atoms with Crippen LogP contribution in [-0.4, -0.2) is 29.9 Å². The number of hydrogen-bond donors (Lipinski definition) is 3. The number of amides is 1. The molecule has 0 saturated heterocycles. The summed E-state index contributed by atoms with van der Waals surface area (Å²) in [4.78, 5) is 35.3. The SMILES string of the molecule is COc1ccc(C(=O)O)cc1NC(=O)/C=C(/C)c1ccc2oc(C(C)=O)c(N)c2c1. The molecule has 1 amide bonds. The predicted molar refractivity (Wildman–Crippen MR) is 113 cm³/mol. The molecule has 8 heteroatoms. The highest BCUT2D eigenvalue weighted by Gasteiger charge is 2.16. The van der Waals surface area contributed by atoms with Gasteiger partial charge in [0.2, 0.25) is 5.91 Å². The maximum absolute atomic E-state index is 12.5. The van der Waals surface area contributed by atoms with Crippen molar-refractivity contribution in [3.63, 3.8) is 0 Å². The lowest BCUT2D eigenvalue weighted by Crippen LogP contribution is -2.10. The van der Waals surface area contributed by atoms with Gasteiger partial charge in [-0.1, -0.05) is 6.07 Å². The van der Waals surface area contributed by atoms with Crippen LogP contribution >= 0.6 is 0 Å². The Balaban J connectivity index is 1.89. The summed E-state index contributed by atoms with van der Waals surface area (Å²) >= 11 is 0. The van der Waals surface area contributed by atoms with E-state index in [4.69, 9.17) is 20.0 Å². The standard InChI is InChI=1S/C22H20N2O6/c1-11(13-4-6-17-15(9-13)20(23)21(30-17)12(2)25)8-19(26)24-16-10-14(22(27)28)5-7-18(16)29-3/h4-10H,23H2,1-3H3,(H,24,26)(H,27,28)/b11-8-. The fourth-order valence-corrected chi connectivity index (χ4v) is 3.01. The maximum atomic E-state index is 12.5. The molecule has 0 bridgehead atoms. The van der Waals surface area contributed by atoms with Crippen LogP contribution in [0.5, 0.6) is 5.75 Å².